The number of morpholine rings is 1. The van der Waals surface area contributed by atoms with E-state index in [0.717, 1.165) is 22.6 Å². The van der Waals surface area contributed by atoms with Crippen LogP contribution in [-0.4, -0.2) is 105 Å². The number of rotatable bonds is 6. The predicted octanol–water partition coefficient (Wildman–Crippen LogP) is 1.84. The average molecular weight is 498 g/mol. The minimum atomic E-state index is -2.70. The van der Waals surface area contributed by atoms with E-state index < -0.39 is 15.3 Å². The van der Waals surface area contributed by atoms with Crippen molar-refractivity contribution >= 4 is 32.3 Å². The fourth-order valence-corrected chi connectivity index (χ4v) is 9.15. The smallest absolute Gasteiger partial charge is 0.410 e. The molecule has 182 valence electrons. The highest BCUT2D eigenvalue weighted by Crippen LogP contribution is 2.54. The summed E-state index contributed by atoms with van der Waals surface area (Å²) in [5, 5.41) is 9.75. The van der Waals surface area contributed by atoms with Crippen LogP contribution in [0.3, 0.4) is 0 Å². The zero-order chi connectivity index (χ0) is 23.2. The van der Waals surface area contributed by atoms with Gasteiger partial charge in [0.15, 0.2) is 5.60 Å². The van der Waals surface area contributed by atoms with Crippen molar-refractivity contribution in [3.8, 4) is 0 Å². The average Bonchev–Trinajstić information content (AvgIpc) is 3.51. The molecule has 4 atom stereocenters. The molecule has 8 nitrogen and oxygen atoms in total. The second-order valence-corrected chi connectivity index (χ2v) is 12.1. The predicted molar refractivity (Wildman–Crippen MR) is 127 cm³/mol. The maximum atomic E-state index is 14.8. The van der Waals surface area contributed by atoms with Gasteiger partial charge in [0.1, 0.15) is 0 Å². The van der Waals surface area contributed by atoms with E-state index in [-0.39, 0.29) is 24.8 Å². The van der Waals surface area contributed by atoms with Crippen LogP contribution in [0.15, 0.2) is 29.2 Å². The van der Waals surface area contributed by atoms with Gasteiger partial charge in [0.2, 0.25) is 0 Å². The van der Waals surface area contributed by atoms with Crippen molar-refractivity contribution in [2.75, 3.05) is 52.5 Å². The number of hydrogen-bond donors (Lipinski definition) is 1. The number of ether oxygens (including phenoxy) is 2. The molecule has 0 spiro atoms. The molecule has 3 aliphatic heterocycles. The van der Waals surface area contributed by atoms with Crippen LogP contribution >= 0.6 is 11.6 Å². The van der Waals surface area contributed by atoms with Gasteiger partial charge in [-0.25, -0.2) is 13.3 Å². The van der Waals surface area contributed by atoms with Crippen LogP contribution in [-0.2, 0) is 19.2 Å². The molecule has 2 saturated heterocycles. The third-order valence-electron chi connectivity index (χ3n) is 7.26. The normalized spacial score (nSPS) is 34.2. The second kappa shape index (κ2) is 9.02. The maximum absolute atomic E-state index is 14.8. The van der Waals surface area contributed by atoms with Crippen LogP contribution in [0.25, 0.3) is 0 Å². The number of β-amino-alcohol motifs (C(OH)–C–C–N with tert-alkyl or cyclic N) is 1. The molecule has 1 amide bonds. The molecule has 10 heteroatoms. The minimum absolute atomic E-state index is 0.00910. The van der Waals surface area contributed by atoms with Gasteiger partial charge in [-0.15, -0.1) is 0 Å². The molecule has 1 N–H and O–H groups in total. The van der Waals surface area contributed by atoms with Gasteiger partial charge < -0.3 is 19.5 Å². The van der Waals surface area contributed by atoms with Gasteiger partial charge in [0.25, 0.3) is 0 Å². The summed E-state index contributed by atoms with van der Waals surface area (Å²) in [5.74, 6) is 0. The molecule has 1 saturated carbocycles. The minimum Gasteiger partial charge on any atom is -0.435 e. The van der Waals surface area contributed by atoms with Gasteiger partial charge >= 0.3 is 6.09 Å². The summed E-state index contributed by atoms with van der Waals surface area (Å²) < 4.78 is 29.0. The van der Waals surface area contributed by atoms with Crippen LogP contribution in [0.2, 0.25) is 5.02 Å². The first-order valence-electron chi connectivity index (χ1n) is 11.8. The molecular formula is C23H32ClN3O5S. The first kappa shape index (κ1) is 23.4. The zero-order valence-electron chi connectivity index (χ0n) is 19.0. The van der Waals surface area contributed by atoms with Crippen LogP contribution in [0.5, 0.6) is 0 Å². The zero-order valence-corrected chi connectivity index (χ0v) is 20.5. The molecule has 0 aromatic heterocycles. The highest BCUT2D eigenvalue weighted by molar-refractivity contribution is 8.01. The van der Waals surface area contributed by atoms with Crippen LogP contribution in [0, 0.1) is 0 Å². The Bertz CT molecular complexity index is 1020. The van der Waals surface area contributed by atoms with Crippen molar-refractivity contribution in [2.45, 2.75) is 48.8 Å². The standard InChI is InChI=1S/C23H32ClN3O5S/c1-2-3-18-15-31-16-20-23(32-22(29)26-10-8-25(9-11-26)12-13-28)14-21(23)33(30,27(18)20)19-6-4-17(24)5-7-19/h4-7,18,20,28H,2-3,8-16H2,1H3/t18-,20-,23?,33?/m1/s1. The number of fused-ring (bicyclic) bond motifs is 3. The Labute approximate surface area is 200 Å². The number of aliphatic hydroxyl groups excluding tert-OH is 1. The summed E-state index contributed by atoms with van der Waals surface area (Å²) in [5.41, 5.74) is -0.859. The molecule has 5 rings (SSSR count). The molecule has 2 unspecified atom stereocenters. The summed E-state index contributed by atoms with van der Waals surface area (Å²) >= 11 is 6.11. The summed E-state index contributed by atoms with van der Waals surface area (Å²) in [6.07, 6.45) is 1.97. The Morgan fingerprint density at radius 3 is 2.64 bits per heavy atom. The van der Waals surface area contributed by atoms with E-state index >= 15 is 0 Å². The third kappa shape index (κ3) is 3.86. The number of halogens is 1. The SMILES string of the molecule is CCC[C@@H]1COC[C@H]2N1S(=O)(c1ccc(Cl)cc1)=C1CC12OC(=O)N1CCN(CCO)CC1. The van der Waals surface area contributed by atoms with Crippen molar-refractivity contribution in [2.24, 2.45) is 0 Å². The van der Waals surface area contributed by atoms with Gasteiger partial charge in [-0.3, -0.25) is 4.90 Å². The number of hydrogen-bond acceptors (Lipinski definition) is 6. The molecule has 4 aliphatic rings. The number of carbonyl (C=O) groups excluding carboxylic acids is 1. The summed E-state index contributed by atoms with van der Waals surface area (Å²) in [6, 6.07) is 6.98. The number of benzene rings is 1. The quantitative estimate of drug-likeness (QED) is 0.604. The molecular weight excluding hydrogens is 466 g/mol. The van der Waals surface area contributed by atoms with Crippen LogP contribution < -0.4 is 0 Å². The van der Waals surface area contributed by atoms with Crippen molar-refractivity contribution in [3.63, 3.8) is 0 Å². The second-order valence-electron chi connectivity index (χ2n) is 9.25. The Morgan fingerprint density at radius 2 is 1.97 bits per heavy atom. The Hall–Kier alpha value is -1.36. The molecule has 3 heterocycles. The molecule has 0 radical (unpaired) electrons. The number of piperazine rings is 1. The lowest BCUT2D eigenvalue weighted by molar-refractivity contribution is -0.0610. The highest BCUT2D eigenvalue weighted by atomic mass is 35.5. The summed E-state index contributed by atoms with van der Waals surface area (Å²) in [6.45, 7) is 6.29. The molecule has 1 aliphatic carbocycles. The number of amides is 1. The van der Waals surface area contributed by atoms with Gasteiger partial charge in [-0.1, -0.05) is 24.9 Å². The molecule has 0 bridgehead atoms. The molecule has 33 heavy (non-hydrogen) atoms. The fraction of sp³-hybridized carbons (Fsp3) is 0.652. The highest BCUT2D eigenvalue weighted by Gasteiger charge is 2.72. The number of carbonyl (C=O) groups is 1. The number of nitrogens with zero attached hydrogens (tertiary/aromatic N) is 3. The lowest BCUT2D eigenvalue weighted by Crippen LogP contribution is -2.58. The van der Waals surface area contributed by atoms with E-state index in [2.05, 4.69) is 16.1 Å². The van der Waals surface area contributed by atoms with E-state index in [1.54, 1.807) is 17.0 Å². The fourth-order valence-electron chi connectivity index (χ4n) is 5.51. The lowest BCUT2D eigenvalue weighted by Gasteiger charge is -2.43. The molecule has 1 aromatic rings. The van der Waals surface area contributed by atoms with Gasteiger partial charge in [0.05, 0.1) is 40.4 Å². The van der Waals surface area contributed by atoms with E-state index in [1.807, 2.05) is 12.1 Å². The third-order valence-corrected chi connectivity index (χ3v) is 10.7. The van der Waals surface area contributed by atoms with Crippen LogP contribution in [0.1, 0.15) is 26.2 Å². The topological polar surface area (TPSA) is 82.5 Å². The monoisotopic (exact) mass is 497 g/mol. The molecule has 3 fully saturated rings. The lowest BCUT2D eigenvalue weighted by atomic mass is 10.0. The van der Waals surface area contributed by atoms with Crippen molar-refractivity contribution in [1.29, 1.82) is 0 Å². The largest absolute Gasteiger partial charge is 0.435 e. The van der Waals surface area contributed by atoms with Crippen LogP contribution in [0.4, 0.5) is 4.79 Å². The van der Waals surface area contributed by atoms with E-state index in [9.17, 15) is 9.00 Å². The van der Waals surface area contributed by atoms with Crippen molar-refractivity contribution < 1.29 is 23.6 Å². The maximum Gasteiger partial charge on any atom is 0.410 e. The van der Waals surface area contributed by atoms with Gasteiger partial charge in [-0.2, -0.15) is 0 Å². The van der Waals surface area contributed by atoms with E-state index in [4.69, 9.17) is 26.2 Å². The van der Waals surface area contributed by atoms with Gasteiger partial charge in [0, 0.05) is 55.1 Å². The first-order valence-corrected chi connectivity index (χ1v) is 13.7. The van der Waals surface area contributed by atoms with E-state index in [1.165, 1.54) is 0 Å². The number of aliphatic hydroxyl groups is 1. The molecule has 1 aromatic carbocycles. The Balaban J connectivity index is 1.45. The summed E-state index contributed by atoms with van der Waals surface area (Å²) in [4.78, 5) is 18.6. The Morgan fingerprint density at radius 1 is 1.24 bits per heavy atom. The van der Waals surface area contributed by atoms with Gasteiger partial charge in [-0.05, 0) is 30.7 Å². The first-order chi connectivity index (χ1) is 15.9. The summed E-state index contributed by atoms with van der Waals surface area (Å²) in [7, 11) is -2.70. The van der Waals surface area contributed by atoms with E-state index in [0.29, 0.717) is 57.4 Å². The van der Waals surface area contributed by atoms with Crippen molar-refractivity contribution in [1.82, 2.24) is 14.1 Å². The Kier molecular flexibility index (Phi) is 6.39. The van der Waals surface area contributed by atoms with Crippen molar-refractivity contribution in [3.05, 3.63) is 29.3 Å².